The van der Waals surface area contributed by atoms with E-state index in [1.54, 1.807) is 0 Å². The zero-order chi connectivity index (χ0) is 11.9. The highest BCUT2D eigenvalue weighted by Gasteiger charge is 2.14. The minimum absolute atomic E-state index is 0.0226. The third kappa shape index (κ3) is 1.73. The molecule has 1 aromatic heterocycles. The van der Waals surface area contributed by atoms with Gasteiger partial charge in [0.05, 0.1) is 21.3 Å². The number of aromatic amines is 1. The van der Waals surface area contributed by atoms with Crippen molar-refractivity contribution in [3.8, 4) is 5.75 Å². The number of rotatable bonds is 1. The summed E-state index contributed by atoms with van der Waals surface area (Å²) < 4.78 is 0. The fourth-order valence-electron chi connectivity index (χ4n) is 1.34. The maximum Gasteiger partial charge on any atom is 0.260 e. The molecule has 2 aromatic rings. The normalized spacial score (nSPS) is 10.9. The van der Waals surface area contributed by atoms with Crippen LogP contribution in [-0.2, 0) is 5.88 Å². The molecule has 0 unspecified atom stereocenters. The maximum absolute atomic E-state index is 11.6. The van der Waals surface area contributed by atoms with Gasteiger partial charge in [-0.3, -0.25) is 4.79 Å². The summed E-state index contributed by atoms with van der Waals surface area (Å²) in [7, 11) is 0. The highest BCUT2D eigenvalue weighted by molar-refractivity contribution is 6.39. The number of nitrogens with zero attached hydrogens (tertiary/aromatic N) is 1. The van der Waals surface area contributed by atoms with Crippen molar-refractivity contribution < 1.29 is 5.11 Å². The second kappa shape index (κ2) is 4.13. The van der Waals surface area contributed by atoms with E-state index in [4.69, 9.17) is 34.8 Å². The lowest BCUT2D eigenvalue weighted by molar-refractivity contribution is 0.480. The standard InChI is InChI=1S/C9H5Cl3N2O2/c10-2-5-13-7-6(9(16)14-5)3(11)1-4(12)8(7)15/h1,15H,2H2,(H,13,14,16). The Kier molecular flexibility index (Phi) is 2.97. The number of phenolic OH excluding ortho intramolecular Hbond substituents is 1. The van der Waals surface area contributed by atoms with Gasteiger partial charge in [-0.15, -0.1) is 11.6 Å². The number of alkyl halides is 1. The lowest BCUT2D eigenvalue weighted by Gasteiger charge is -2.05. The Morgan fingerprint density at radius 3 is 2.69 bits per heavy atom. The number of fused-ring (bicyclic) bond motifs is 1. The van der Waals surface area contributed by atoms with Gasteiger partial charge in [-0.2, -0.15) is 0 Å². The molecule has 84 valence electrons. The molecular formula is C9H5Cl3N2O2. The molecule has 0 aliphatic heterocycles. The van der Waals surface area contributed by atoms with Gasteiger partial charge in [-0.1, -0.05) is 23.2 Å². The van der Waals surface area contributed by atoms with Crippen LogP contribution in [-0.4, -0.2) is 15.1 Å². The van der Waals surface area contributed by atoms with Crippen LogP contribution in [0, 0.1) is 0 Å². The van der Waals surface area contributed by atoms with Crippen LogP contribution in [0.2, 0.25) is 10.0 Å². The van der Waals surface area contributed by atoms with E-state index in [2.05, 4.69) is 9.97 Å². The largest absolute Gasteiger partial charge is 0.504 e. The van der Waals surface area contributed by atoms with E-state index < -0.39 is 5.56 Å². The van der Waals surface area contributed by atoms with Gasteiger partial charge in [0.2, 0.25) is 0 Å². The Hall–Kier alpha value is -0.970. The summed E-state index contributed by atoms with van der Waals surface area (Å²) in [6, 6.07) is 1.29. The monoisotopic (exact) mass is 278 g/mol. The number of hydrogen-bond donors (Lipinski definition) is 2. The SMILES string of the molecule is O=c1[nH]c(CCl)nc2c(O)c(Cl)cc(Cl)c12. The second-order valence-electron chi connectivity index (χ2n) is 3.06. The fraction of sp³-hybridized carbons (Fsp3) is 0.111. The van der Waals surface area contributed by atoms with Crippen LogP contribution >= 0.6 is 34.8 Å². The number of hydrogen-bond acceptors (Lipinski definition) is 3. The summed E-state index contributed by atoms with van der Waals surface area (Å²) in [5, 5.41) is 9.94. The first-order valence-electron chi connectivity index (χ1n) is 4.20. The molecule has 0 radical (unpaired) electrons. The molecule has 2 N–H and O–H groups in total. The predicted molar refractivity (Wildman–Crippen MR) is 63.6 cm³/mol. The molecule has 0 fully saturated rings. The number of aromatic nitrogens is 2. The molecule has 0 bridgehead atoms. The van der Waals surface area contributed by atoms with Crippen molar-refractivity contribution in [2.24, 2.45) is 0 Å². The molecule has 0 spiro atoms. The van der Waals surface area contributed by atoms with E-state index in [0.717, 1.165) is 0 Å². The summed E-state index contributed by atoms with van der Waals surface area (Å²) in [4.78, 5) is 18.1. The zero-order valence-electron chi connectivity index (χ0n) is 7.72. The van der Waals surface area contributed by atoms with Gasteiger partial charge in [-0.05, 0) is 6.07 Å². The van der Waals surface area contributed by atoms with E-state index in [-0.39, 0.29) is 38.4 Å². The highest BCUT2D eigenvalue weighted by Crippen LogP contribution is 2.34. The molecule has 0 atom stereocenters. The van der Waals surface area contributed by atoms with E-state index in [1.807, 2.05) is 0 Å². The van der Waals surface area contributed by atoms with Crippen molar-refractivity contribution in [2.75, 3.05) is 0 Å². The molecule has 0 aliphatic rings. The van der Waals surface area contributed by atoms with Crippen molar-refractivity contribution >= 4 is 45.7 Å². The molecule has 4 nitrogen and oxygen atoms in total. The van der Waals surface area contributed by atoms with Crippen LogP contribution in [0.4, 0.5) is 0 Å². The number of halogens is 3. The van der Waals surface area contributed by atoms with Crippen molar-refractivity contribution in [2.45, 2.75) is 5.88 Å². The molecule has 16 heavy (non-hydrogen) atoms. The topological polar surface area (TPSA) is 66.0 Å². The molecule has 0 aliphatic carbocycles. The first kappa shape index (κ1) is 11.5. The van der Waals surface area contributed by atoms with Crippen molar-refractivity contribution in [3.05, 3.63) is 32.3 Å². The van der Waals surface area contributed by atoms with E-state index in [1.165, 1.54) is 6.07 Å². The number of aromatic hydroxyl groups is 1. The van der Waals surface area contributed by atoms with Crippen LogP contribution in [0.1, 0.15) is 5.82 Å². The van der Waals surface area contributed by atoms with Crippen LogP contribution in [0.15, 0.2) is 10.9 Å². The van der Waals surface area contributed by atoms with Gasteiger partial charge >= 0.3 is 0 Å². The Morgan fingerprint density at radius 1 is 1.38 bits per heavy atom. The molecule has 1 aromatic carbocycles. The predicted octanol–water partition coefficient (Wildman–Crippen LogP) is 2.67. The number of H-pyrrole nitrogens is 1. The van der Waals surface area contributed by atoms with Gasteiger partial charge in [0.1, 0.15) is 11.3 Å². The summed E-state index contributed by atoms with van der Waals surface area (Å²) in [5.74, 6) is -0.0132. The van der Waals surface area contributed by atoms with Crippen LogP contribution < -0.4 is 5.56 Å². The molecule has 7 heteroatoms. The van der Waals surface area contributed by atoms with E-state index in [9.17, 15) is 9.90 Å². The van der Waals surface area contributed by atoms with Gasteiger partial charge in [0, 0.05) is 0 Å². The summed E-state index contributed by atoms with van der Waals surface area (Å²) >= 11 is 17.1. The molecule has 1 heterocycles. The summed E-state index contributed by atoms with van der Waals surface area (Å²) in [6.45, 7) is 0. The lowest BCUT2D eigenvalue weighted by atomic mass is 10.2. The molecule has 2 rings (SSSR count). The van der Waals surface area contributed by atoms with Crippen LogP contribution in [0.3, 0.4) is 0 Å². The fourth-order valence-corrected chi connectivity index (χ4v) is 2.01. The first-order valence-corrected chi connectivity index (χ1v) is 5.49. The Labute approximate surface area is 105 Å². The van der Waals surface area contributed by atoms with Crippen LogP contribution in [0.25, 0.3) is 10.9 Å². The first-order chi connectivity index (χ1) is 7.54. The Bertz CT molecular complexity index is 624. The van der Waals surface area contributed by atoms with Gasteiger partial charge < -0.3 is 10.1 Å². The quantitative estimate of drug-likeness (QED) is 0.789. The van der Waals surface area contributed by atoms with Gasteiger partial charge in [0.15, 0.2) is 5.75 Å². The number of benzene rings is 1. The van der Waals surface area contributed by atoms with Crippen molar-refractivity contribution in [3.63, 3.8) is 0 Å². The number of nitrogens with one attached hydrogen (secondary N) is 1. The third-order valence-electron chi connectivity index (χ3n) is 2.04. The number of phenols is 1. The van der Waals surface area contributed by atoms with E-state index in [0.29, 0.717) is 0 Å². The van der Waals surface area contributed by atoms with Gasteiger partial charge in [0.25, 0.3) is 5.56 Å². The van der Waals surface area contributed by atoms with Crippen molar-refractivity contribution in [1.82, 2.24) is 9.97 Å². The van der Waals surface area contributed by atoms with Crippen LogP contribution in [0.5, 0.6) is 5.75 Å². The van der Waals surface area contributed by atoms with E-state index >= 15 is 0 Å². The highest BCUT2D eigenvalue weighted by atomic mass is 35.5. The minimum Gasteiger partial charge on any atom is -0.504 e. The average Bonchev–Trinajstić information content (AvgIpc) is 2.24. The van der Waals surface area contributed by atoms with Crippen molar-refractivity contribution in [1.29, 1.82) is 0 Å². The zero-order valence-corrected chi connectivity index (χ0v) is 9.99. The molecular weight excluding hydrogens is 274 g/mol. The summed E-state index contributed by atoms with van der Waals surface area (Å²) in [6.07, 6.45) is 0. The Morgan fingerprint density at radius 2 is 2.06 bits per heavy atom. The van der Waals surface area contributed by atoms with Gasteiger partial charge in [-0.25, -0.2) is 4.98 Å². The smallest absolute Gasteiger partial charge is 0.260 e. The second-order valence-corrected chi connectivity index (χ2v) is 4.14. The summed E-state index contributed by atoms with van der Waals surface area (Å²) in [5.41, 5.74) is -0.408. The molecule has 0 amide bonds. The Balaban J connectivity index is 3.00. The lowest BCUT2D eigenvalue weighted by Crippen LogP contribution is -2.11. The average molecular weight is 280 g/mol. The minimum atomic E-state index is -0.461. The maximum atomic E-state index is 11.6. The third-order valence-corrected chi connectivity index (χ3v) is 2.88. The molecule has 0 saturated carbocycles. The molecule has 0 saturated heterocycles.